The second kappa shape index (κ2) is 9.16. The number of nitrogens with one attached hydrogen (secondary N) is 1. The summed E-state index contributed by atoms with van der Waals surface area (Å²) in [6.07, 6.45) is 2.28. The van der Waals surface area contributed by atoms with Gasteiger partial charge in [0.2, 0.25) is 11.8 Å². The number of rotatable bonds is 7. The predicted molar refractivity (Wildman–Crippen MR) is 121 cm³/mol. The summed E-state index contributed by atoms with van der Waals surface area (Å²) in [5.41, 5.74) is 4.04. The number of nitrogens with zero attached hydrogens (tertiary/aromatic N) is 2. The first-order valence-corrected chi connectivity index (χ1v) is 10.7. The molecule has 6 nitrogen and oxygen atoms in total. The van der Waals surface area contributed by atoms with Gasteiger partial charge in [-0.05, 0) is 47.9 Å². The Bertz CT molecular complexity index is 1090. The van der Waals surface area contributed by atoms with E-state index in [4.69, 9.17) is 4.74 Å². The molecule has 4 rings (SSSR count). The van der Waals surface area contributed by atoms with Crippen molar-refractivity contribution in [2.75, 3.05) is 19.7 Å². The molecule has 0 saturated carbocycles. The Morgan fingerprint density at radius 2 is 2.00 bits per heavy atom. The summed E-state index contributed by atoms with van der Waals surface area (Å²) >= 11 is 0. The van der Waals surface area contributed by atoms with Crippen LogP contribution in [0.25, 0.3) is 22.0 Å². The van der Waals surface area contributed by atoms with E-state index in [1.54, 1.807) is 13.1 Å². The highest BCUT2D eigenvalue weighted by atomic mass is 16.5. The maximum atomic E-state index is 11.7. The van der Waals surface area contributed by atoms with Crippen LogP contribution in [0.3, 0.4) is 0 Å². The van der Waals surface area contributed by atoms with E-state index < -0.39 is 0 Å². The molecule has 1 aliphatic rings. The third kappa shape index (κ3) is 4.85. The zero-order chi connectivity index (χ0) is 21.8. The lowest BCUT2D eigenvalue weighted by Gasteiger charge is -2.19. The maximum Gasteiger partial charge on any atom is 0.220 e. The first-order chi connectivity index (χ1) is 15.0. The lowest BCUT2D eigenvalue weighted by Crippen LogP contribution is -2.27. The Hall–Kier alpha value is -3.41. The van der Waals surface area contributed by atoms with E-state index in [9.17, 15) is 9.59 Å². The molecule has 160 valence electrons. The Morgan fingerprint density at radius 3 is 2.68 bits per heavy atom. The van der Waals surface area contributed by atoms with Gasteiger partial charge in [-0.2, -0.15) is 0 Å². The van der Waals surface area contributed by atoms with Gasteiger partial charge < -0.3 is 15.0 Å². The van der Waals surface area contributed by atoms with E-state index >= 15 is 0 Å². The number of benzene rings is 2. The van der Waals surface area contributed by atoms with Gasteiger partial charge in [-0.25, -0.2) is 0 Å². The van der Waals surface area contributed by atoms with Crippen LogP contribution in [0.15, 0.2) is 54.7 Å². The number of aromatic nitrogens is 1. The molecule has 1 fully saturated rings. The lowest BCUT2D eigenvalue weighted by atomic mass is 10.0. The average Bonchev–Trinajstić information content (AvgIpc) is 3.21. The Balaban J connectivity index is 1.58. The van der Waals surface area contributed by atoms with Crippen LogP contribution in [0.4, 0.5) is 0 Å². The molecule has 0 spiro atoms. The van der Waals surface area contributed by atoms with Crippen molar-refractivity contribution in [1.82, 2.24) is 15.2 Å². The van der Waals surface area contributed by atoms with E-state index in [1.807, 2.05) is 30.0 Å². The summed E-state index contributed by atoms with van der Waals surface area (Å²) < 4.78 is 6.15. The van der Waals surface area contributed by atoms with Gasteiger partial charge in [0.15, 0.2) is 0 Å². The number of carbonyl (C=O) groups excluding carboxylic acids is 2. The molecule has 1 atom stereocenters. The van der Waals surface area contributed by atoms with Crippen LogP contribution < -0.4 is 10.1 Å². The largest absolute Gasteiger partial charge is 0.492 e. The third-order valence-corrected chi connectivity index (χ3v) is 5.71. The van der Waals surface area contributed by atoms with Gasteiger partial charge >= 0.3 is 0 Å². The topological polar surface area (TPSA) is 71.5 Å². The van der Waals surface area contributed by atoms with Gasteiger partial charge in [0.1, 0.15) is 5.75 Å². The van der Waals surface area contributed by atoms with Gasteiger partial charge in [0.25, 0.3) is 0 Å². The maximum absolute atomic E-state index is 11.7. The number of hydrogen-bond acceptors (Lipinski definition) is 4. The summed E-state index contributed by atoms with van der Waals surface area (Å²) in [5.74, 6) is 1.12. The van der Waals surface area contributed by atoms with Crippen molar-refractivity contribution in [3.8, 4) is 16.9 Å². The van der Waals surface area contributed by atoms with E-state index in [-0.39, 0.29) is 17.7 Å². The lowest BCUT2D eigenvalue weighted by molar-refractivity contribution is -0.129. The molecule has 6 heteroatoms. The molecule has 1 aliphatic heterocycles. The van der Waals surface area contributed by atoms with Gasteiger partial charge in [-0.3, -0.25) is 14.6 Å². The normalized spacial score (nSPS) is 15.7. The number of carbonyl (C=O) groups is 2. The zero-order valence-electron chi connectivity index (χ0n) is 17.9. The smallest absolute Gasteiger partial charge is 0.220 e. The molecule has 1 aromatic heterocycles. The highest BCUT2D eigenvalue weighted by Gasteiger charge is 2.22. The van der Waals surface area contributed by atoms with E-state index in [0.29, 0.717) is 32.7 Å². The molecule has 0 radical (unpaired) electrons. The second-order valence-electron chi connectivity index (χ2n) is 7.96. The summed E-state index contributed by atoms with van der Waals surface area (Å²) in [7, 11) is 0. The standard InChI is InChI=1S/C25H27N3O3/c1-3-28(17(2)29)15-18-6-8-20(9-7-18)21-12-23-22(5-4-10-26-23)24(13-21)31-16-19-11-25(30)27-14-19/h4-10,12-13,19H,3,11,14-16H2,1-2H3,(H,27,30)/t19-/m1/s1. The fourth-order valence-electron chi connectivity index (χ4n) is 3.89. The van der Waals surface area contributed by atoms with Crippen molar-refractivity contribution in [1.29, 1.82) is 0 Å². The fourth-order valence-corrected chi connectivity index (χ4v) is 3.89. The van der Waals surface area contributed by atoms with E-state index in [1.165, 1.54) is 0 Å². The molecule has 0 aliphatic carbocycles. The fraction of sp³-hybridized carbons (Fsp3) is 0.320. The minimum Gasteiger partial charge on any atom is -0.492 e. The number of ether oxygens (including phenoxy) is 1. The Labute approximate surface area is 182 Å². The monoisotopic (exact) mass is 417 g/mol. The Kier molecular flexibility index (Phi) is 6.16. The number of pyridine rings is 1. The molecule has 2 heterocycles. The van der Waals surface area contributed by atoms with Crippen molar-refractivity contribution in [2.24, 2.45) is 5.92 Å². The molecule has 3 aromatic rings. The first kappa shape index (κ1) is 20.8. The van der Waals surface area contributed by atoms with Crippen molar-refractivity contribution >= 4 is 22.7 Å². The average molecular weight is 418 g/mol. The molecule has 2 amide bonds. The van der Waals surface area contributed by atoms with Gasteiger partial charge in [-0.15, -0.1) is 0 Å². The number of amides is 2. The van der Waals surface area contributed by atoms with Crippen LogP contribution in [-0.2, 0) is 16.1 Å². The van der Waals surface area contributed by atoms with Crippen molar-refractivity contribution in [2.45, 2.75) is 26.8 Å². The SMILES string of the molecule is CCN(Cc1ccc(-c2cc(OC[C@H]3CNC(=O)C3)c3cccnc3c2)cc1)C(C)=O. The molecule has 1 saturated heterocycles. The van der Waals surface area contributed by atoms with Crippen LogP contribution in [0.5, 0.6) is 5.75 Å². The quantitative estimate of drug-likeness (QED) is 0.635. The minimum absolute atomic E-state index is 0.0770. The molecular formula is C25H27N3O3. The molecule has 1 N–H and O–H groups in total. The molecule has 31 heavy (non-hydrogen) atoms. The van der Waals surface area contributed by atoms with Crippen molar-refractivity contribution in [3.63, 3.8) is 0 Å². The van der Waals surface area contributed by atoms with Gasteiger partial charge in [-0.1, -0.05) is 24.3 Å². The zero-order valence-corrected chi connectivity index (χ0v) is 17.9. The molecule has 2 aromatic carbocycles. The summed E-state index contributed by atoms with van der Waals surface area (Å²) in [5, 5.41) is 3.81. The van der Waals surface area contributed by atoms with Crippen molar-refractivity contribution < 1.29 is 14.3 Å². The predicted octanol–water partition coefficient (Wildman–Crippen LogP) is 3.79. The highest BCUT2D eigenvalue weighted by Crippen LogP contribution is 2.32. The molecular weight excluding hydrogens is 390 g/mol. The number of hydrogen-bond donors (Lipinski definition) is 1. The Morgan fingerprint density at radius 1 is 1.19 bits per heavy atom. The second-order valence-corrected chi connectivity index (χ2v) is 7.96. The van der Waals surface area contributed by atoms with E-state index in [2.05, 4.69) is 40.6 Å². The molecule has 0 bridgehead atoms. The van der Waals surface area contributed by atoms with Crippen LogP contribution in [0.1, 0.15) is 25.8 Å². The third-order valence-electron chi connectivity index (χ3n) is 5.71. The summed E-state index contributed by atoms with van der Waals surface area (Å²) in [6, 6.07) is 16.2. The van der Waals surface area contributed by atoms with Crippen LogP contribution in [-0.4, -0.2) is 41.4 Å². The summed E-state index contributed by atoms with van der Waals surface area (Å²) in [4.78, 5) is 29.5. The highest BCUT2D eigenvalue weighted by molar-refractivity contribution is 5.90. The van der Waals surface area contributed by atoms with Crippen LogP contribution in [0.2, 0.25) is 0 Å². The van der Waals surface area contributed by atoms with E-state index in [0.717, 1.165) is 33.3 Å². The number of fused-ring (bicyclic) bond motifs is 1. The van der Waals surface area contributed by atoms with Crippen LogP contribution >= 0.6 is 0 Å². The summed E-state index contributed by atoms with van der Waals surface area (Å²) in [6.45, 7) is 6.02. The minimum atomic E-state index is 0.0770. The van der Waals surface area contributed by atoms with Gasteiger partial charge in [0.05, 0.1) is 12.1 Å². The molecule has 0 unspecified atom stereocenters. The van der Waals surface area contributed by atoms with Gasteiger partial charge in [0, 0.05) is 50.5 Å². The van der Waals surface area contributed by atoms with Crippen LogP contribution in [0, 0.1) is 5.92 Å². The first-order valence-electron chi connectivity index (χ1n) is 10.7. The van der Waals surface area contributed by atoms with Crippen molar-refractivity contribution in [3.05, 3.63) is 60.3 Å².